The summed E-state index contributed by atoms with van der Waals surface area (Å²) in [5.74, 6) is -1.31. The Labute approximate surface area is 118 Å². The minimum Gasteiger partial charge on any atom is -0.269 e. The number of benzene rings is 1. The molecule has 0 N–H and O–H groups in total. The molecule has 2 amide bonds. The molecule has 1 aromatic rings. The number of amides is 2. The van der Waals surface area contributed by atoms with E-state index in [2.05, 4.69) is 0 Å². The highest BCUT2D eigenvalue weighted by atomic mass is 19.4. The number of anilines is 1. The van der Waals surface area contributed by atoms with E-state index in [4.69, 9.17) is 5.26 Å². The van der Waals surface area contributed by atoms with E-state index in [0.717, 1.165) is 12.1 Å². The molecule has 0 atom stereocenters. The molecule has 4 nitrogen and oxygen atoms in total. The quantitative estimate of drug-likeness (QED) is 0.748. The van der Waals surface area contributed by atoms with E-state index in [-0.39, 0.29) is 16.8 Å². The molecule has 0 bridgehead atoms. The smallest absolute Gasteiger partial charge is 0.269 e. The van der Waals surface area contributed by atoms with Gasteiger partial charge in [-0.15, -0.1) is 0 Å². The van der Waals surface area contributed by atoms with Gasteiger partial charge in [0.05, 0.1) is 22.9 Å². The van der Waals surface area contributed by atoms with Crippen LogP contribution in [-0.4, -0.2) is 11.8 Å². The second-order valence-corrected chi connectivity index (χ2v) is 4.54. The molecule has 0 saturated carbocycles. The molecule has 7 heteroatoms. The summed E-state index contributed by atoms with van der Waals surface area (Å²) in [6.45, 7) is 2.87. The van der Waals surface area contributed by atoms with Crippen molar-refractivity contribution in [3.05, 3.63) is 40.5 Å². The standard InChI is InChI=1S/C14H9F3N2O2/c1-7-8(2)13(21)19(12(7)20)10-4-3-9(6-18)11(5-10)14(15,16)17/h3-5H,1-2H3. The van der Waals surface area contributed by atoms with Crippen LogP contribution in [0.25, 0.3) is 0 Å². The van der Waals surface area contributed by atoms with E-state index in [0.29, 0.717) is 11.0 Å². The number of halogens is 3. The number of nitrogens with zero attached hydrogens (tertiary/aromatic N) is 2. The molecule has 0 unspecified atom stereocenters. The van der Waals surface area contributed by atoms with Gasteiger partial charge in [0.1, 0.15) is 0 Å². The monoisotopic (exact) mass is 294 g/mol. The second kappa shape index (κ2) is 4.74. The van der Waals surface area contributed by atoms with Crippen LogP contribution >= 0.6 is 0 Å². The predicted octanol–water partition coefficient (Wildman–Crippen LogP) is 2.79. The lowest BCUT2D eigenvalue weighted by Crippen LogP contribution is -2.31. The third-order valence-corrected chi connectivity index (χ3v) is 3.30. The van der Waals surface area contributed by atoms with Crippen molar-refractivity contribution in [1.82, 2.24) is 0 Å². The van der Waals surface area contributed by atoms with E-state index < -0.39 is 29.1 Å². The van der Waals surface area contributed by atoms with Crippen molar-refractivity contribution in [2.75, 3.05) is 4.90 Å². The zero-order chi connectivity index (χ0) is 15.9. The average molecular weight is 294 g/mol. The van der Waals surface area contributed by atoms with Gasteiger partial charge in [-0.2, -0.15) is 18.4 Å². The number of hydrogen-bond donors (Lipinski definition) is 0. The number of rotatable bonds is 1. The maximum Gasteiger partial charge on any atom is 0.417 e. The zero-order valence-corrected chi connectivity index (χ0v) is 11.1. The lowest BCUT2D eigenvalue weighted by molar-refractivity contribution is -0.138. The van der Waals surface area contributed by atoms with E-state index >= 15 is 0 Å². The third kappa shape index (κ3) is 2.29. The minimum absolute atomic E-state index is 0.193. The first-order valence-electron chi connectivity index (χ1n) is 5.86. The SMILES string of the molecule is CC1=C(C)C(=O)N(c2ccc(C#N)c(C(F)(F)F)c2)C1=O. The number of carbonyl (C=O) groups is 2. The van der Waals surface area contributed by atoms with Gasteiger partial charge < -0.3 is 0 Å². The predicted molar refractivity (Wildman–Crippen MR) is 67.0 cm³/mol. The van der Waals surface area contributed by atoms with Crippen molar-refractivity contribution in [1.29, 1.82) is 5.26 Å². The van der Waals surface area contributed by atoms with Crippen LogP contribution < -0.4 is 4.90 Å². The Hall–Kier alpha value is -2.62. The average Bonchev–Trinajstić information content (AvgIpc) is 2.61. The van der Waals surface area contributed by atoms with Gasteiger partial charge in [-0.1, -0.05) is 0 Å². The van der Waals surface area contributed by atoms with Crippen molar-refractivity contribution in [3.63, 3.8) is 0 Å². The van der Waals surface area contributed by atoms with Crippen LogP contribution in [0, 0.1) is 11.3 Å². The molecule has 0 spiro atoms. The van der Waals surface area contributed by atoms with Crippen LogP contribution in [0.3, 0.4) is 0 Å². The molecular weight excluding hydrogens is 285 g/mol. The number of nitriles is 1. The van der Waals surface area contributed by atoms with Gasteiger partial charge in [-0.05, 0) is 32.0 Å². The topological polar surface area (TPSA) is 61.2 Å². The Morgan fingerprint density at radius 1 is 1.10 bits per heavy atom. The Balaban J connectivity index is 2.57. The van der Waals surface area contributed by atoms with Gasteiger partial charge in [-0.25, -0.2) is 4.90 Å². The fourth-order valence-corrected chi connectivity index (χ4v) is 1.99. The Morgan fingerprint density at radius 2 is 1.62 bits per heavy atom. The fraction of sp³-hybridized carbons (Fsp3) is 0.214. The first-order chi connectivity index (χ1) is 9.68. The van der Waals surface area contributed by atoms with Crippen molar-refractivity contribution >= 4 is 17.5 Å². The molecule has 21 heavy (non-hydrogen) atoms. The van der Waals surface area contributed by atoms with Crippen LogP contribution in [0.2, 0.25) is 0 Å². The zero-order valence-electron chi connectivity index (χ0n) is 11.1. The number of carbonyl (C=O) groups excluding carboxylic acids is 2. The molecule has 0 saturated heterocycles. The maximum atomic E-state index is 12.9. The second-order valence-electron chi connectivity index (χ2n) is 4.54. The lowest BCUT2D eigenvalue weighted by Gasteiger charge is -2.17. The third-order valence-electron chi connectivity index (χ3n) is 3.30. The van der Waals surface area contributed by atoms with Gasteiger partial charge in [0, 0.05) is 11.1 Å². The van der Waals surface area contributed by atoms with Gasteiger partial charge in [-0.3, -0.25) is 9.59 Å². The summed E-state index contributed by atoms with van der Waals surface area (Å²) in [5.41, 5.74) is -1.56. The van der Waals surface area contributed by atoms with Gasteiger partial charge in [0.25, 0.3) is 11.8 Å². The molecule has 0 aliphatic carbocycles. The highest BCUT2D eigenvalue weighted by Gasteiger charge is 2.38. The van der Waals surface area contributed by atoms with E-state index in [9.17, 15) is 22.8 Å². The summed E-state index contributed by atoms with van der Waals surface area (Å²) in [6.07, 6.45) is -4.75. The van der Waals surface area contributed by atoms with E-state index in [1.54, 1.807) is 0 Å². The summed E-state index contributed by atoms with van der Waals surface area (Å²) < 4.78 is 38.7. The van der Waals surface area contributed by atoms with Gasteiger partial charge in [0.2, 0.25) is 0 Å². The summed E-state index contributed by atoms with van der Waals surface area (Å²) in [6, 6.07) is 4.17. The van der Waals surface area contributed by atoms with Crippen LogP contribution in [0.15, 0.2) is 29.3 Å². The van der Waals surface area contributed by atoms with E-state index in [1.165, 1.54) is 19.9 Å². The van der Waals surface area contributed by atoms with Crippen molar-refractivity contribution < 1.29 is 22.8 Å². The van der Waals surface area contributed by atoms with Crippen LogP contribution in [0.1, 0.15) is 25.0 Å². The molecule has 1 heterocycles. The maximum absolute atomic E-state index is 12.9. The molecular formula is C14H9F3N2O2. The highest BCUT2D eigenvalue weighted by molar-refractivity contribution is 6.32. The molecule has 0 radical (unpaired) electrons. The van der Waals surface area contributed by atoms with Crippen LogP contribution in [0.4, 0.5) is 18.9 Å². The Bertz CT molecular complexity index is 703. The summed E-state index contributed by atoms with van der Waals surface area (Å²) in [5, 5.41) is 8.72. The first kappa shape index (κ1) is 14.8. The molecule has 2 rings (SSSR count). The molecule has 1 aliphatic rings. The number of imide groups is 1. The van der Waals surface area contributed by atoms with Crippen molar-refractivity contribution in [3.8, 4) is 6.07 Å². The van der Waals surface area contributed by atoms with Crippen LogP contribution in [0.5, 0.6) is 0 Å². The molecule has 1 aromatic carbocycles. The Kier molecular flexibility index (Phi) is 3.33. The van der Waals surface area contributed by atoms with Crippen LogP contribution in [-0.2, 0) is 15.8 Å². The summed E-state index contributed by atoms with van der Waals surface area (Å²) in [7, 11) is 0. The highest BCUT2D eigenvalue weighted by Crippen LogP contribution is 2.36. The molecule has 0 fully saturated rings. The summed E-state index contributed by atoms with van der Waals surface area (Å²) in [4.78, 5) is 24.6. The van der Waals surface area contributed by atoms with Crippen molar-refractivity contribution in [2.45, 2.75) is 20.0 Å². The van der Waals surface area contributed by atoms with Crippen molar-refractivity contribution in [2.24, 2.45) is 0 Å². The first-order valence-corrected chi connectivity index (χ1v) is 5.86. The molecule has 0 aromatic heterocycles. The normalized spacial score (nSPS) is 15.7. The minimum atomic E-state index is -4.75. The van der Waals surface area contributed by atoms with Gasteiger partial charge >= 0.3 is 6.18 Å². The Morgan fingerprint density at radius 3 is 2.05 bits per heavy atom. The summed E-state index contributed by atoms with van der Waals surface area (Å²) >= 11 is 0. The number of hydrogen-bond acceptors (Lipinski definition) is 3. The number of alkyl halides is 3. The van der Waals surface area contributed by atoms with E-state index in [1.807, 2.05) is 0 Å². The molecule has 1 aliphatic heterocycles. The lowest BCUT2D eigenvalue weighted by atomic mass is 10.1. The fourth-order valence-electron chi connectivity index (χ4n) is 1.99. The van der Waals surface area contributed by atoms with Gasteiger partial charge in [0.15, 0.2) is 0 Å². The molecule has 108 valence electrons. The largest absolute Gasteiger partial charge is 0.417 e.